The monoisotopic (exact) mass is 382 g/mol. The summed E-state index contributed by atoms with van der Waals surface area (Å²) in [6.07, 6.45) is 1.71. The summed E-state index contributed by atoms with van der Waals surface area (Å²) >= 11 is 0. The van der Waals surface area contributed by atoms with Crippen LogP contribution in [0.4, 0.5) is 0 Å². The molecule has 1 aromatic heterocycles. The van der Waals surface area contributed by atoms with Gasteiger partial charge in [0.1, 0.15) is 0 Å². The maximum atomic E-state index is 12.4. The highest BCUT2D eigenvalue weighted by Crippen LogP contribution is 2.56. The van der Waals surface area contributed by atoms with Crippen molar-refractivity contribution in [2.24, 2.45) is 11.8 Å². The van der Waals surface area contributed by atoms with E-state index in [1.807, 2.05) is 6.07 Å². The number of benzene rings is 1. The van der Waals surface area contributed by atoms with Gasteiger partial charge in [-0.25, -0.2) is 4.79 Å². The Bertz CT molecular complexity index is 1010. The second-order valence-electron chi connectivity index (χ2n) is 8.14. The molecule has 0 saturated carbocycles. The fraction of sp³-hybridized carbons (Fsp3) is 0.476. The van der Waals surface area contributed by atoms with Crippen LogP contribution in [0.25, 0.3) is 10.9 Å². The van der Waals surface area contributed by atoms with Gasteiger partial charge in [0.15, 0.2) is 5.72 Å². The number of nitrogens with one attached hydrogen (secondary N) is 1. The second kappa shape index (κ2) is 5.59. The third kappa shape index (κ3) is 1.96. The van der Waals surface area contributed by atoms with E-state index in [4.69, 9.17) is 14.2 Å². The SMILES string of the molecule is COC(=O)C1=CO[C@H](O)[C@H]2[C@@H]3CN4CCc5c([nH]c6ccccc56)[C@@]4(C[C@@H]12)O3. The third-order valence-corrected chi connectivity index (χ3v) is 6.97. The molecule has 2 bridgehead atoms. The Morgan fingerprint density at radius 3 is 3.11 bits per heavy atom. The molecule has 7 nitrogen and oxygen atoms in total. The first-order valence-electron chi connectivity index (χ1n) is 9.77. The molecule has 0 unspecified atom stereocenters. The molecule has 0 radical (unpaired) electrons. The Kier molecular flexibility index (Phi) is 3.31. The van der Waals surface area contributed by atoms with Crippen LogP contribution < -0.4 is 0 Å². The standard InChI is InChI=1S/C21H22N2O5/c1-26-19(24)14-10-27-20(25)17-13(14)8-21-18-12(6-7-23(21)9-16(17)28-21)11-4-2-3-5-15(11)22-18/h2-5,10,13,16-17,20,22,25H,6-9H2,1H3/t13-,16-,17+,20-,21+/m0/s1. The van der Waals surface area contributed by atoms with E-state index in [0.717, 1.165) is 24.2 Å². The zero-order valence-electron chi connectivity index (χ0n) is 15.6. The molecule has 0 aliphatic carbocycles. The van der Waals surface area contributed by atoms with Crippen molar-refractivity contribution in [1.82, 2.24) is 9.88 Å². The van der Waals surface area contributed by atoms with Crippen LogP contribution in [0.15, 0.2) is 36.1 Å². The molecule has 2 N–H and O–H groups in total. The first-order valence-corrected chi connectivity index (χ1v) is 9.77. The van der Waals surface area contributed by atoms with Crippen molar-refractivity contribution < 1.29 is 24.1 Å². The summed E-state index contributed by atoms with van der Waals surface area (Å²) < 4.78 is 17.0. The number of nitrogens with zero attached hydrogens (tertiary/aromatic N) is 1. The van der Waals surface area contributed by atoms with Gasteiger partial charge in [-0.05, 0) is 18.1 Å². The lowest BCUT2D eigenvalue weighted by molar-refractivity contribution is -0.228. The van der Waals surface area contributed by atoms with Crippen molar-refractivity contribution in [3.05, 3.63) is 47.4 Å². The van der Waals surface area contributed by atoms with E-state index in [1.54, 1.807) is 0 Å². The topological polar surface area (TPSA) is 84.0 Å². The van der Waals surface area contributed by atoms with Gasteiger partial charge < -0.3 is 24.3 Å². The van der Waals surface area contributed by atoms with Crippen molar-refractivity contribution in [3.8, 4) is 0 Å². The molecule has 2 aromatic rings. The fourth-order valence-electron chi connectivity index (χ4n) is 5.77. The summed E-state index contributed by atoms with van der Waals surface area (Å²) in [4.78, 5) is 18.4. The van der Waals surface area contributed by atoms with Gasteiger partial charge >= 0.3 is 5.97 Å². The van der Waals surface area contributed by atoms with Crippen molar-refractivity contribution in [2.45, 2.75) is 31.0 Å². The second-order valence-corrected chi connectivity index (χ2v) is 8.14. The Hall–Kier alpha value is -2.35. The molecule has 2 saturated heterocycles. The predicted octanol–water partition coefficient (Wildman–Crippen LogP) is 1.62. The number of aromatic amines is 1. The predicted molar refractivity (Wildman–Crippen MR) is 98.9 cm³/mol. The molecular weight excluding hydrogens is 360 g/mol. The summed E-state index contributed by atoms with van der Waals surface area (Å²) in [7, 11) is 1.37. The van der Waals surface area contributed by atoms with Crippen molar-refractivity contribution in [2.75, 3.05) is 20.2 Å². The van der Waals surface area contributed by atoms with Crippen molar-refractivity contribution in [3.63, 3.8) is 0 Å². The van der Waals surface area contributed by atoms with Gasteiger partial charge in [-0.1, -0.05) is 18.2 Å². The number of carbonyl (C=O) groups excluding carboxylic acids is 1. The van der Waals surface area contributed by atoms with Crippen LogP contribution in [0, 0.1) is 11.8 Å². The molecular formula is C21H22N2O5. The van der Waals surface area contributed by atoms with Crippen LogP contribution in [0.5, 0.6) is 0 Å². The van der Waals surface area contributed by atoms with Crippen LogP contribution in [-0.2, 0) is 31.2 Å². The fourth-order valence-corrected chi connectivity index (χ4v) is 5.77. The molecule has 146 valence electrons. The highest BCUT2D eigenvalue weighted by atomic mass is 16.6. The molecule has 4 aliphatic heterocycles. The zero-order chi connectivity index (χ0) is 19.0. The number of methoxy groups -OCH3 is 1. The van der Waals surface area contributed by atoms with Crippen LogP contribution in [0.1, 0.15) is 17.7 Å². The van der Waals surface area contributed by atoms with E-state index in [9.17, 15) is 9.90 Å². The van der Waals surface area contributed by atoms with Crippen molar-refractivity contribution in [1.29, 1.82) is 0 Å². The van der Waals surface area contributed by atoms with Gasteiger partial charge in [0, 0.05) is 36.3 Å². The van der Waals surface area contributed by atoms with Gasteiger partial charge in [0.05, 0.1) is 36.7 Å². The first-order chi connectivity index (χ1) is 13.6. The minimum Gasteiger partial charge on any atom is -0.472 e. The third-order valence-electron chi connectivity index (χ3n) is 6.97. The lowest BCUT2D eigenvalue weighted by Gasteiger charge is -2.48. The van der Waals surface area contributed by atoms with Gasteiger partial charge in [0.25, 0.3) is 0 Å². The summed E-state index contributed by atoms with van der Waals surface area (Å²) in [5.74, 6) is -0.876. The number of aromatic nitrogens is 1. The van der Waals surface area contributed by atoms with Crippen LogP contribution >= 0.6 is 0 Å². The van der Waals surface area contributed by atoms with Crippen molar-refractivity contribution >= 4 is 16.9 Å². The lowest BCUT2D eigenvalue weighted by atomic mass is 9.74. The van der Waals surface area contributed by atoms with Crippen LogP contribution in [0.2, 0.25) is 0 Å². The van der Waals surface area contributed by atoms with E-state index in [2.05, 4.69) is 28.1 Å². The van der Waals surface area contributed by atoms with E-state index in [-0.39, 0.29) is 17.9 Å². The zero-order valence-corrected chi connectivity index (χ0v) is 15.6. The number of aliphatic hydroxyl groups is 1. The lowest BCUT2D eigenvalue weighted by Crippen LogP contribution is -2.53. The maximum Gasteiger partial charge on any atom is 0.337 e. The van der Waals surface area contributed by atoms with Gasteiger partial charge in [-0.3, -0.25) is 4.90 Å². The summed E-state index contributed by atoms with van der Waals surface area (Å²) in [5, 5.41) is 11.7. The number of aliphatic hydroxyl groups excluding tert-OH is 1. The van der Waals surface area contributed by atoms with E-state index in [0.29, 0.717) is 18.5 Å². The molecule has 1 spiro atoms. The number of ether oxygens (including phenoxy) is 3. The van der Waals surface area contributed by atoms with Gasteiger partial charge in [-0.15, -0.1) is 0 Å². The first kappa shape index (κ1) is 16.6. The summed E-state index contributed by atoms with van der Waals surface area (Å²) in [6.45, 7) is 1.60. The Morgan fingerprint density at radius 2 is 2.25 bits per heavy atom. The largest absolute Gasteiger partial charge is 0.472 e. The molecule has 7 heteroatoms. The number of rotatable bonds is 1. The molecule has 4 aliphatic rings. The minimum absolute atomic E-state index is 0.183. The molecule has 5 atom stereocenters. The molecule has 6 rings (SSSR count). The number of hydrogen-bond donors (Lipinski definition) is 2. The average Bonchev–Trinajstić information content (AvgIpc) is 3.23. The van der Waals surface area contributed by atoms with Crippen LogP contribution in [0.3, 0.4) is 0 Å². The van der Waals surface area contributed by atoms with E-state index >= 15 is 0 Å². The number of carbonyl (C=O) groups is 1. The Labute approximate surface area is 161 Å². The van der Waals surface area contributed by atoms with Gasteiger partial charge in [0.2, 0.25) is 6.29 Å². The average molecular weight is 382 g/mol. The molecule has 5 heterocycles. The van der Waals surface area contributed by atoms with Gasteiger partial charge in [-0.2, -0.15) is 0 Å². The quantitative estimate of drug-likeness (QED) is 0.730. The number of para-hydroxylation sites is 1. The number of fused-ring (bicyclic) bond motifs is 6. The number of esters is 1. The smallest absolute Gasteiger partial charge is 0.337 e. The molecule has 1 aromatic carbocycles. The summed E-state index contributed by atoms with van der Waals surface area (Å²) in [6, 6.07) is 8.32. The minimum atomic E-state index is -0.982. The number of H-pyrrole nitrogens is 1. The maximum absolute atomic E-state index is 12.4. The van der Waals surface area contributed by atoms with E-state index < -0.39 is 18.0 Å². The Balaban J connectivity index is 1.51. The molecule has 28 heavy (non-hydrogen) atoms. The van der Waals surface area contributed by atoms with E-state index in [1.165, 1.54) is 24.3 Å². The highest BCUT2D eigenvalue weighted by Gasteiger charge is 2.63. The Morgan fingerprint density at radius 1 is 1.39 bits per heavy atom. The number of hydrogen-bond acceptors (Lipinski definition) is 6. The summed E-state index contributed by atoms with van der Waals surface area (Å²) in [5.41, 5.74) is 3.36. The highest BCUT2D eigenvalue weighted by molar-refractivity contribution is 5.89. The molecule has 2 fully saturated rings. The normalized spacial score (nSPS) is 36.1. The molecule has 0 amide bonds. The van der Waals surface area contributed by atoms with Crippen LogP contribution in [-0.4, -0.2) is 53.6 Å².